The lowest BCUT2D eigenvalue weighted by Gasteiger charge is -2.14. The van der Waals surface area contributed by atoms with Crippen molar-refractivity contribution in [1.82, 2.24) is 25.1 Å². The quantitative estimate of drug-likeness (QED) is 0.482. The van der Waals surface area contributed by atoms with Gasteiger partial charge in [-0.2, -0.15) is 0 Å². The number of benzene rings is 1. The van der Waals surface area contributed by atoms with Gasteiger partial charge in [0.1, 0.15) is 5.82 Å². The van der Waals surface area contributed by atoms with Crippen LogP contribution in [0.25, 0.3) is 28.6 Å². The third-order valence-corrected chi connectivity index (χ3v) is 4.93. The molecule has 3 N–H and O–H groups in total. The summed E-state index contributed by atoms with van der Waals surface area (Å²) in [5.74, 6) is -1.01. The van der Waals surface area contributed by atoms with Gasteiger partial charge in [0.05, 0.1) is 22.4 Å². The predicted octanol–water partition coefficient (Wildman–Crippen LogP) is 1.72. The summed E-state index contributed by atoms with van der Waals surface area (Å²) in [6, 6.07) is 9.76. The molecule has 0 fully saturated rings. The lowest BCUT2D eigenvalue weighted by molar-refractivity contribution is 0.0880. The molecule has 10 nitrogen and oxygen atoms in total. The maximum absolute atomic E-state index is 12.9. The van der Waals surface area contributed by atoms with Crippen molar-refractivity contribution >= 4 is 17.6 Å². The first kappa shape index (κ1) is 18.4. The number of nitrogen functional groups attached to an aromatic ring is 1. The van der Waals surface area contributed by atoms with Gasteiger partial charge in [0.25, 0.3) is 17.4 Å². The van der Waals surface area contributed by atoms with Gasteiger partial charge in [0, 0.05) is 24.0 Å². The summed E-state index contributed by atoms with van der Waals surface area (Å²) in [5, 5.41) is 10.4. The fourth-order valence-corrected chi connectivity index (χ4v) is 3.49. The van der Waals surface area contributed by atoms with Crippen LogP contribution in [0.5, 0.6) is 0 Å². The smallest absolute Gasteiger partial charge is 0.262 e. The summed E-state index contributed by atoms with van der Waals surface area (Å²) >= 11 is 0. The van der Waals surface area contributed by atoms with E-state index in [0.29, 0.717) is 16.8 Å². The molecule has 0 bridgehead atoms. The molecule has 1 aliphatic rings. The van der Waals surface area contributed by atoms with Gasteiger partial charge >= 0.3 is 0 Å². The molecule has 0 unspecified atom stereocenters. The Bertz CT molecular complexity index is 1440. The second-order valence-electron chi connectivity index (χ2n) is 6.94. The van der Waals surface area contributed by atoms with Gasteiger partial charge in [0.2, 0.25) is 11.8 Å². The highest BCUT2D eigenvalue weighted by Crippen LogP contribution is 2.31. The Morgan fingerprint density at radius 3 is 2.45 bits per heavy atom. The molecule has 10 heteroatoms. The number of carbonyl (C=O) groups excluding carboxylic acids is 2. The highest BCUT2D eigenvalue weighted by atomic mass is 16.4. The number of fused-ring (bicyclic) bond motifs is 1. The molecular formula is C21H14N6O4. The molecule has 0 spiro atoms. The van der Waals surface area contributed by atoms with E-state index in [-0.39, 0.29) is 28.7 Å². The third kappa shape index (κ3) is 2.89. The average Bonchev–Trinajstić information content (AvgIpc) is 3.35. The summed E-state index contributed by atoms with van der Waals surface area (Å²) in [6.45, 7) is 1.87. The molecule has 0 atom stereocenters. The number of aromatic nitrogens is 4. The third-order valence-electron chi connectivity index (χ3n) is 4.93. The first-order valence-corrected chi connectivity index (χ1v) is 9.20. The van der Waals surface area contributed by atoms with Gasteiger partial charge in [-0.05, 0) is 31.2 Å². The van der Waals surface area contributed by atoms with Crippen LogP contribution in [0.4, 0.5) is 5.82 Å². The summed E-state index contributed by atoms with van der Waals surface area (Å²) in [7, 11) is 0. The topological polar surface area (TPSA) is 146 Å². The summed E-state index contributed by atoms with van der Waals surface area (Å²) in [5.41, 5.74) is 7.88. The van der Waals surface area contributed by atoms with E-state index >= 15 is 0 Å². The molecule has 0 saturated carbocycles. The molecule has 1 aliphatic heterocycles. The Labute approximate surface area is 174 Å². The molecular weight excluding hydrogens is 400 g/mol. The number of aryl methyl sites for hydroxylation is 1. The minimum Gasteiger partial charge on any atom is -0.416 e. The van der Waals surface area contributed by atoms with Crippen molar-refractivity contribution in [1.29, 1.82) is 0 Å². The van der Waals surface area contributed by atoms with Crippen molar-refractivity contribution in [3.8, 4) is 28.6 Å². The van der Waals surface area contributed by atoms with Crippen LogP contribution in [0, 0.1) is 6.92 Å². The molecule has 3 aromatic heterocycles. The number of amides is 2. The van der Waals surface area contributed by atoms with Gasteiger partial charge in [-0.25, -0.2) is 0 Å². The van der Waals surface area contributed by atoms with Crippen LogP contribution in [0.3, 0.4) is 0 Å². The van der Waals surface area contributed by atoms with E-state index in [0.717, 1.165) is 16.2 Å². The number of imide groups is 1. The van der Waals surface area contributed by atoms with E-state index in [2.05, 4.69) is 20.5 Å². The Kier molecular flexibility index (Phi) is 4.00. The van der Waals surface area contributed by atoms with E-state index in [1.807, 2.05) is 6.92 Å². The van der Waals surface area contributed by atoms with Crippen molar-refractivity contribution in [2.24, 2.45) is 0 Å². The normalized spacial score (nSPS) is 12.7. The van der Waals surface area contributed by atoms with Gasteiger partial charge in [-0.15, -0.1) is 10.2 Å². The van der Waals surface area contributed by atoms with Crippen LogP contribution >= 0.6 is 0 Å². The molecule has 1 aromatic carbocycles. The Hall–Kier alpha value is -4.60. The minimum atomic E-state index is -0.655. The number of nitrogens with two attached hydrogens (primary N) is 1. The van der Waals surface area contributed by atoms with Crippen LogP contribution in [0.1, 0.15) is 26.3 Å². The predicted molar refractivity (Wildman–Crippen MR) is 110 cm³/mol. The molecule has 0 aliphatic carbocycles. The molecule has 2 amide bonds. The highest BCUT2D eigenvalue weighted by molar-refractivity contribution is 6.23. The van der Waals surface area contributed by atoms with E-state index in [1.54, 1.807) is 42.7 Å². The van der Waals surface area contributed by atoms with Crippen LogP contribution in [0.2, 0.25) is 0 Å². The van der Waals surface area contributed by atoms with Crippen LogP contribution < -0.4 is 16.6 Å². The SMILES string of the molecule is Cc1ccc(-n2c(N)c3c(cc2=O)C(=O)NC3=O)c(-c2nnc(-c3ccncc3)o2)c1. The second-order valence-corrected chi connectivity index (χ2v) is 6.94. The molecule has 4 aromatic rings. The molecule has 31 heavy (non-hydrogen) atoms. The molecule has 5 rings (SSSR count). The van der Waals surface area contributed by atoms with Crippen molar-refractivity contribution in [2.75, 3.05) is 5.73 Å². The van der Waals surface area contributed by atoms with Crippen LogP contribution in [0.15, 0.2) is 58.0 Å². The largest absolute Gasteiger partial charge is 0.416 e. The maximum atomic E-state index is 12.9. The molecule has 152 valence electrons. The maximum Gasteiger partial charge on any atom is 0.262 e. The van der Waals surface area contributed by atoms with Crippen molar-refractivity contribution in [3.63, 3.8) is 0 Å². The highest BCUT2D eigenvalue weighted by Gasteiger charge is 2.32. The number of carbonyl (C=O) groups is 2. The first-order valence-electron chi connectivity index (χ1n) is 9.20. The number of rotatable bonds is 3. The Balaban J connectivity index is 1.72. The Morgan fingerprint density at radius 2 is 1.68 bits per heavy atom. The first-order chi connectivity index (χ1) is 14.9. The van der Waals surface area contributed by atoms with E-state index in [1.165, 1.54) is 0 Å². The van der Waals surface area contributed by atoms with Crippen LogP contribution in [-0.4, -0.2) is 31.6 Å². The van der Waals surface area contributed by atoms with E-state index in [4.69, 9.17) is 10.2 Å². The number of nitrogens with zero attached hydrogens (tertiary/aromatic N) is 4. The summed E-state index contributed by atoms with van der Waals surface area (Å²) < 4.78 is 7.00. The number of hydrogen-bond acceptors (Lipinski definition) is 8. The molecule has 0 saturated heterocycles. The van der Waals surface area contributed by atoms with Crippen LogP contribution in [-0.2, 0) is 0 Å². The van der Waals surface area contributed by atoms with Gasteiger partial charge < -0.3 is 10.2 Å². The molecule has 4 heterocycles. The summed E-state index contributed by atoms with van der Waals surface area (Å²) in [4.78, 5) is 40.9. The standard InChI is InChI=1S/C21H14N6O4/c1-10-2-3-14(27-15(28)9-13-16(17(27)22)19(30)24-18(13)29)12(8-10)21-26-25-20(31-21)11-4-6-23-7-5-11/h2-9H,22H2,1H3,(H,24,29,30). The number of nitrogens with one attached hydrogen (secondary N) is 1. The molecule has 0 radical (unpaired) electrons. The van der Waals surface area contributed by atoms with Gasteiger partial charge in [-0.3, -0.25) is 29.3 Å². The van der Waals surface area contributed by atoms with E-state index < -0.39 is 17.4 Å². The number of anilines is 1. The van der Waals surface area contributed by atoms with Gasteiger partial charge in [0.15, 0.2) is 0 Å². The van der Waals surface area contributed by atoms with Gasteiger partial charge in [-0.1, -0.05) is 11.6 Å². The Morgan fingerprint density at radius 1 is 0.935 bits per heavy atom. The fraction of sp³-hybridized carbons (Fsp3) is 0.0476. The lowest BCUT2D eigenvalue weighted by atomic mass is 10.1. The summed E-state index contributed by atoms with van der Waals surface area (Å²) in [6.07, 6.45) is 3.21. The fourth-order valence-electron chi connectivity index (χ4n) is 3.49. The number of pyridine rings is 2. The second kappa shape index (κ2) is 6.73. The van der Waals surface area contributed by atoms with E-state index in [9.17, 15) is 14.4 Å². The zero-order valence-electron chi connectivity index (χ0n) is 16.1. The average molecular weight is 414 g/mol. The van der Waals surface area contributed by atoms with Crippen molar-refractivity contribution in [2.45, 2.75) is 6.92 Å². The van der Waals surface area contributed by atoms with Crippen molar-refractivity contribution in [3.05, 3.63) is 75.8 Å². The zero-order valence-corrected chi connectivity index (χ0v) is 16.1. The number of hydrogen-bond donors (Lipinski definition) is 2. The van der Waals surface area contributed by atoms with Crippen molar-refractivity contribution < 1.29 is 14.0 Å². The minimum absolute atomic E-state index is 0.0425. The zero-order chi connectivity index (χ0) is 21.7. The lowest BCUT2D eigenvalue weighted by Crippen LogP contribution is -2.24. The monoisotopic (exact) mass is 414 g/mol.